The molecule has 1 saturated heterocycles. The van der Waals surface area contributed by atoms with Crippen LogP contribution < -0.4 is 5.32 Å². The number of carbonyl (C=O) groups excluding carboxylic acids is 1. The zero-order valence-electron chi connectivity index (χ0n) is 14.0. The third-order valence-electron chi connectivity index (χ3n) is 4.09. The summed E-state index contributed by atoms with van der Waals surface area (Å²) in [5, 5.41) is 2.89. The van der Waals surface area contributed by atoms with Gasteiger partial charge >= 0.3 is 0 Å². The van der Waals surface area contributed by atoms with Gasteiger partial charge < -0.3 is 10.1 Å². The molecule has 1 aromatic rings. The molecule has 1 amide bonds. The minimum Gasteiger partial charge on any atom is -0.368 e. The summed E-state index contributed by atoms with van der Waals surface area (Å²) < 4.78 is 5.74. The van der Waals surface area contributed by atoms with Crippen LogP contribution in [0.25, 0.3) is 0 Å². The molecule has 23 heavy (non-hydrogen) atoms. The van der Waals surface area contributed by atoms with Crippen LogP contribution in [0.4, 0.5) is 0 Å². The molecule has 5 heteroatoms. The number of amides is 1. The van der Waals surface area contributed by atoms with Gasteiger partial charge in [0, 0.05) is 26.2 Å². The lowest BCUT2D eigenvalue weighted by molar-refractivity contribution is -0.128. The first-order chi connectivity index (χ1) is 10.8. The van der Waals surface area contributed by atoms with Gasteiger partial charge in [0.1, 0.15) is 6.61 Å². The second kappa shape index (κ2) is 11.4. The van der Waals surface area contributed by atoms with Gasteiger partial charge in [-0.3, -0.25) is 9.69 Å². The van der Waals surface area contributed by atoms with E-state index in [1.165, 1.54) is 5.56 Å². The number of likely N-dealkylation sites (tertiary alicyclic amines) is 1. The Balaban J connectivity index is 0.00000264. The summed E-state index contributed by atoms with van der Waals surface area (Å²) in [6, 6.07) is 10.6. The van der Waals surface area contributed by atoms with Crippen molar-refractivity contribution >= 4 is 18.3 Å². The molecule has 4 nitrogen and oxygen atoms in total. The number of halogens is 1. The van der Waals surface area contributed by atoms with Crippen LogP contribution in [0.2, 0.25) is 0 Å². The zero-order chi connectivity index (χ0) is 15.6. The van der Waals surface area contributed by atoms with Crippen LogP contribution in [0.1, 0.15) is 38.2 Å². The maximum atomic E-state index is 11.6. The van der Waals surface area contributed by atoms with Crippen LogP contribution >= 0.6 is 12.4 Å². The lowest BCUT2D eigenvalue weighted by Gasteiger charge is -2.31. The van der Waals surface area contributed by atoms with Crippen molar-refractivity contribution < 1.29 is 9.53 Å². The molecule has 1 heterocycles. The molecular formula is C18H29ClN2O2. The number of ether oxygens (including phenoxy) is 1. The molecule has 1 N–H and O–H groups in total. The minimum atomic E-state index is 0. The van der Waals surface area contributed by atoms with Gasteiger partial charge in [-0.15, -0.1) is 12.4 Å². The molecule has 0 spiro atoms. The molecule has 1 fully saturated rings. The second-order valence-electron chi connectivity index (χ2n) is 5.98. The predicted molar refractivity (Wildman–Crippen MR) is 95.9 cm³/mol. The number of hydrogen-bond acceptors (Lipinski definition) is 3. The predicted octanol–water partition coefficient (Wildman–Crippen LogP) is 3.01. The maximum Gasteiger partial charge on any atom is 0.246 e. The minimum absolute atomic E-state index is 0. The van der Waals surface area contributed by atoms with E-state index < -0.39 is 0 Å². The summed E-state index contributed by atoms with van der Waals surface area (Å²) >= 11 is 0. The fourth-order valence-electron chi connectivity index (χ4n) is 2.72. The average Bonchev–Trinajstić information content (AvgIpc) is 2.55. The fourth-order valence-corrected chi connectivity index (χ4v) is 2.72. The smallest absolute Gasteiger partial charge is 0.246 e. The van der Waals surface area contributed by atoms with Crippen molar-refractivity contribution in [1.29, 1.82) is 0 Å². The van der Waals surface area contributed by atoms with Gasteiger partial charge in [0.25, 0.3) is 0 Å². The number of benzene rings is 1. The van der Waals surface area contributed by atoms with Gasteiger partial charge in [-0.1, -0.05) is 43.7 Å². The standard InChI is InChI=1S/C18H28N2O2.ClH/c1-2-3-11-19-18(21)15-22-17-9-12-20(13-10-17)14-16-7-5-4-6-8-16;/h4-8,17H,2-3,9-15H2,1H3,(H,19,21);1H. The number of nitrogens with one attached hydrogen (secondary N) is 1. The van der Waals surface area contributed by atoms with E-state index in [1.54, 1.807) is 0 Å². The Bertz CT molecular complexity index is 434. The Hall–Kier alpha value is -1.10. The van der Waals surface area contributed by atoms with Crippen molar-refractivity contribution in [3.05, 3.63) is 35.9 Å². The summed E-state index contributed by atoms with van der Waals surface area (Å²) in [7, 11) is 0. The Morgan fingerprint density at radius 2 is 1.96 bits per heavy atom. The molecule has 0 unspecified atom stereocenters. The van der Waals surface area contributed by atoms with Crippen LogP contribution in [0.3, 0.4) is 0 Å². The van der Waals surface area contributed by atoms with E-state index >= 15 is 0 Å². The average molecular weight is 341 g/mol. The zero-order valence-corrected chi connectivity index (χ0v) is 14.8. The first-order valence-electron chi connectivity index (χ1n) is 8.42. The molecule has 1 aliphatic rings. The lowest BCUT2D eigenvalue weighted by Crippen LogP contribution is -2.38. The molecule has 1 aliphatic heterocycles. The van der Waals surface area contributed by atoms with Crippen molar-refractivity contribution in [1.82, 2.24) is 10.2 Å². The Labute approximate surface area is 146 Å². The van der Waals surface area contributed by atoms with Crippen molar-refractivity contribution in [2.75, 3.05) is 26.2 Å². The molecule has 130 valence electrons. The van der Waals surface area contributed by atoms with Crippen molar-refractivity contribution in [3.8, 4) is 0 Å². The number of nitrogens with zero attached hydrogens (tertiary/aromatic N) is 1. The van der Waals surface area contributed by atoms with Gasteiger partial charge in [-0.05, 0) is 24.8 Å². The summed E-state index contributed by atoms with van der Waals surface area (Å²) in [6.07, 6.45) is 4.37. The normalized spacial score (nSPS) is 15.9. The Morgan fingerprint density at radius 3 is 2.61 bits per heavy atom. The molecule has 0 saturated carbocycles. The molecule has 2 rings (SSSR count). The summed E-state index contributed by atoms with van der Waals surface area (Å²) in [5.41, 5.74) is 1.36. The van der Waals surface area contributed by atoms with Crippen molar-refractivity contribution in [3.63, 3.8) is 0 Å². The van der Waals surface area contributed by atoms with E-state index in [9.17, 15) is 4.79 Å². The highest BCUT2D eigenvalue weighted by Crippen LogP contribution is 2.16. The molecule has 1 aromatic carbocycles. The summed E-state index contributed by atoms with van der Waals surface area (Å²) in [6.45, 7) is 6.16. The number of unbranched alkanes of at least 4 members (excludes halogenated alkanes) is 1. The topological polar surface area (TPSA) is 41.6 Å². The number of hydrogen-bond donors (Lipinski definition) is 1. The van der Waals surface area contributed by atoms with Gasteiger partial charge in [0.2, 0.25) is 5.91 Å². The van der Waals surface area contributed by atoms with Crippen molar-refractivity contribution in [2.45, 2.75) is 45.3 Å². The third kappa shape index (κ3) is 7.82. The Morgan fingerprint density at radius 1 is 1.26 bits per heavy atom. The van der Waals surface area contributed by atoms with Crippen molar-refractivity contribution in [2.24, 2.45) is 0 Å². The molecule has 0 aliphatic carbocycles. The SMILES string of the molecule is CCCCNC(=O)COC1CCN(Cc2ccccc2)CC1.Cl. The van der Waals surface area contributed by atoms with Crippen LogP contribution in [0.5, 0.6) is 0 Å². The molecular weight excluding hydrogens is 312 g/mol. The van der Waals surface area contributed by atoms with Crippen LogP contribution in [-0.2, 0) is 16.1 Å². The third-order valence-corrected chi connectivity index (χ3v) is 4.09. The van der Waals surface area contributed by atoms with Gasteiger partial charge in [-0.25, -0.2) is 0 Å². The van der Waals surface area contributed by atoms with Gasteiger partial charge in [0.05, 0.1) is 6.10 Å². The van der Waals surface area contributed by atoms with Gasteiger partial charge in [-0.2, -0.15) is 0 Å². The van der Waals surface area contributed by atoms with Crippen LogP contribution in [0.15, 0.2) is 30.3 Å². The first kappa shape index (κ1) is 19.9. The van der Waals surface area contributed by atoms with Crippen LogP contribution in [0, 0.1) is 0 Å². The quantitative estimate of drug-likeness (QED) is 0.740. The fraction of sp³-hybridized carbons (Fsp3) is 0.611. The summed E-state index contributed by atoms with van der Waals surface area (Å²) in [4.78, 5) is 14.1. The monoisotopic (exact) mass is 340 g/mol. The van der Waals surface area contributed by atoms with E-state index in [1.807, 2.05) is 0 Å². The highest BCUT2D eigenvalue weighted by molar-refractivity contribution is 5.85. The first-order valence-corrected chi connectivity index (χ1v) is 8.42. The Kier molecular flexibility index (Phi) is 9.92. The van der Waals surface area contributed by atoms with E-state index in [0.717, 1.165) is 51.9 Å². The molecule has 0 radical (unpaired) electrons. The van der Waals surface area contributed by atoms with E-state index in [4.69, 9.17) is 4.74 Å². The van der Waals surface area contributed by atoms with Gasteiger partial charge in [0.15, 0.2) is 0 Å². The molecule has 0 atom stereocenters. The number of carbonyl (C=O) groups is 1. The van der Waals surface area contributed by atoms with E-state index in [-0.39, 0.29) is 31.0 Å². The lowest BCUT2D eigenvalue weighted by atomic mass is 10.1. The maximum absolute atomic E-state index is 11.6. The molecule has 0 aromatic heterocycles. The number of rotatable bonds is 8. The summed E-state index contributed by atoms with van der Waals surface area (Å²) in [5.74, 6) is 0.0140. The van der Waals surface area contributed by atoms with E-state index in [0.29, 0.717) is 0 Å². The molecule has 0 bridgehead atoms. The highest BCUT2D eigenvalue weighted by atomic mass is 35.5. The van der Waals surface area contributed by atoms with Crippen LogP contribution in [-0.4, -0.2) is 43.2 Å². The number of piperidine rings is 1. The van der Waals surface area contributed by atoms with E-state index in [2.05, 4.69) is 47.5 Å². The second-order valence-corrected chi connectivity index (χ2v) is 5.98. The largest absolute Gasteiger partial charge is 0.368 e. The highest BCUT2D eigenvalue weighted by Gasteiger charge is 2.20.